The van der Waals surface area contributed by atoms with Crippen molar-refractivity contribution in [3.63, 3.8) is 0 Å². The third kappa shape index (κ3) is 3.28. The summed E-state index contributed by atoms with van der Waals surface area (Å²) >= 11 is 1.71. The highest BCUT2D eigenvalue weighted by Crippen LogP contribution is 2.41. The van der Waals surface area contributed by atoms with Crippen LogP contribution < -0.4 is 0 Å². The van der Waals surface area contributed by atoms with Gasteiger partial charge in [-0.25, -0.2) is 4.39 Å². The van der Waals surface area contributed by atoms with Gasteiger partial charge < -0.3 is 0 Å². The number of rotatable bonds is 4. The SMILES string of the molecule is C=C(C)CC(C)(C)c1cc(C)c(-c2ccc(F)c(C#N)c2)s1. The summed E-state index contributed by atoms with van der Waals surface area (Å²) < 4.78 is 13.5. The molecular formula is C19H20FNS. The molecule has 0 spiro atoms. The molecule has 1 nitrogen and oxygen atoms in total. The van der Waals surface area contributed by atoms with E-state index in [4.69, 9.17) is 5.26 Å². The van der Waals surface area contributed by atoms with Crippen LogP contribution in [0.5, 0.6) is 0 Å². The molecule has 0 N–H and O–H groups in total. The highest BCUT2D eigenvalue weighted by molar-refractivity contribution is 7.15. The summed E-state index contributed by atoms with van der Waals surface area (Å²) in [5.74, 6) is -0.469. The Bertz CT molecular complexity index is 762. The molecule has 0 aliphatic heterocycles. The first-order valence-corrected chi connectivity index (χ1v) is 8.01. The van der Waals surface area contributed by atoms with Crippen molar-refractivity contribution < 1.29 is 4.39 Å². The van der Waals surface area contributed by atoms with Crippen LogP contribution in [-0.2, 0) is 5.41 Å². The maximum absolute atomic E-state index is 13.5. The Morgan fingerprint density at radius 1 is 1.36 bits per heavy atom. The minimum atomic E-state index is -0.469. The molecule has 2 aromatic rings. The zero-order chi connectivity index (χ0) is 16.5. The van der Waals surface area contributed by atoms with Crippen molar-refractivity contribution in [1.82, 2.24) is 0 Å². The lowest BCUT2D eigenvalue weighted by Gasteiger charge is -2.23. The van der Waals surface area contributed by atoms with Crippen molar-refractivity contribution in [3.05, 3.63) is 58.2 Å². The number of aryl methyl sites for hydroxylation is 1. The molecule has 0 aliphatic rings. The summed E-state index contributed by atoms with van der Waals surface area (Å²) in [5, 5.41) is 9.00. The molecule has 0 fully saturated rings. The molecule has 0 saturated heterocycles. The van der Waals surface area contributed by atoms with Gasteiger partial charge in [0.15, 0.2) is 0 Å². The van der Waals surface area contributed by atoms with Crippen molar-refractivity contribution in [1.29, 1.82) is 5.26 Å². The fourth-order valence-electron chi connectivity index (χ4n) is 2.70. The molecule has 3 heteroatoms. The molecule has 0 saturated carbocycles. The molecule has 0 aliphatic carbocycles. The third-order valence-corrected chi connectivity index (χ3v) is 5.33. The Morgan fingerprint density at radius 3 is 2.64 bits per heavy atom. The van der Waals surface area contributed by atoms with Crippen LogP contribution in [-0.4, -0.2) is 0 Å². The van der Waals surface area contributed by atoms with Crippen LogP contribution in [0.3, 0.4) is 0 Å². The first-order valence-electron chi connectivity index (χ1n) is 7.20. The number of benzene rings is 1. The number of nitriles is 1. The maximum atomic E-state index is 13.5. The van der Waals surface area contributed by atoms with E-state index in [9.17, 15) is 4.39 Å². The predicted molar refractivity (Wildman–Crippen MR) is 91.6 cm³/mol. The smallest absolute Gasteiger partial charge is 0.140 e. The van der Waals surface area contributed by atoms with Gasteiger partial charge in [-0.2, -0.15) is 5.26 Å². The van der Waals surface area contributed by atoms with Crippen LogP contribution in [0.4, 0.5) is 4.39 Å². The molecule has 0 amide bonds. The molecular weight excluding hydrogens is 293 g/mol. The van der Waals surface area contributed by atoms with Gasteiger partial charge in [0.25, 0.3) is 0 Å². The molecule has 2 rings (SSSR count). The van der Waals surface area contributed by atoms with E-state index < -0.39 is 5.82 Å². The van der Waals surface area contributed by atoms with Gasteiger partial charge in [-0.1, -0.05) is 25.5 Å². The number of nitrogens with zero attached hydrogens (tertiary/aromatic N) is 1. The van der Waals surface area contributed by atoms with Crippen LogP contribution in [0.25, 0.3) is 10.4 Å². The van der Waals surface area contributed by atoms with Crippen LogP contribution in [0.1, 0.15) is 43.2 Å². The topological polar surface area (TPSA) is 23.8 Å². The third-order valence-electron chi connectivity index (χ3n) is 3.68. The first-order chi connectivity index (χ1) is 10.2. The molecule has 1 aromatic heterocycles. The Kier molecular flexibility index (Phi) is 4.53. The Morgan fingerprint density at radius 2 is 2.05 bits per heavy atom. The van der Waals surface area contributed by atoms with Crippen LogP contribution in [0.15, 0.2) is 36.4 Å². The second-order valence-electron chi connectivity index (χ2n) is 6.45. The monoisotopic (exact) mass is 313 g/mol. The number of thiophene rings is 1. The largest absolute Gasteiger partial charge is 0.206 e. The lowest BCUT2D eigenvalue weighted by molar-refractivity contribution is 0.531. The average molecular weight is 313 g/mol. The van der Waals surface area contributed by atoms with E-state index in [1.807, 2.05) is 13.0 Å². The van der Waals surface area contributed by atoms with Gasteiger partial charge in [-0.05, 0) is 49.6 Å². The molecule has 0 radical (unpaired) electrons. The normalized spacial score (nSPS) is 11.3. The Hall–Kier alpha value is -1.92. The minimum absolute atomic E-state index is 0.0254. The van der Waals surface area contributed by atoms with Gasteiger partial charge in [0.05, 0.1) is 5.56 Å². The zero-order valence-corrected chi connectivity index (χ0v) is 14.3. The van der Waals surface area contributed by atoms with Crippen LogP contribution in [0.2, 0.25) is 0 Å². The van der Waals surface area contributed by atoms with E-state index in [0.29, 0.717) is 0 Å². The van der Waals surface area contributed by atoms with E-state index in [2.05, 4.69) is 33.4 Å². The van der Waals surface area contributed by atoms with Crippen molar-refractivity contribution in [2.24, 2.45) is 0 Å². The predicted octanol–water partition coefficient (Wildman–Crippen LogP) is 5.98. The quantitative estimate of drug-likeness (QED) is 0.637. The average Bonchev–Trinajstić information content (AvgIpc) is 2.81. The number of halogens is 1. The standard InChI is InChI=1S/C19H20FNS/c1-12(2)10-19(4,5)17-8-13(3)18(22-17)14-6-7-16(20)15(9-14)11-21/h6-9H,1,10H2,2-5H3. The summed E-state index contributed by atoms with van der Waals surface area (Å²) in [6.45, 7) is 12.5. The fraction of sp³-hybridized carbons (Fsp3) is 0.316. The Labute approximate surface area is 135 Å². The first kappa shape index (κ1) is 16.5. The zero-order valence-electron chi connectivity index (χ0n) is 13.5. The lowest BCUT2D eigenvalue weighted by atomic mass is 9.84. The molecule has 1 aromatic carbocycles. The van der Waals surface area contributed by atoms with Gasteiger partial charge in [0, 0.05) is 15.2 Å². The van der Waals surface area contributed by atoms with E-state index in [-0.39, 0.29) is 11.0 Å². The highest BCUT2D eigenvalue weighted by Gasteiger charge is 2.24. The number of hydrogen-bond donors (Lipinski definition) is 0. The van der Waals surface area contributed by atoms with Crippen molar-refractivity contribution in [3.8, 4) is 16.5 Å². The highest BCUT2D eigenvalue weighted by atomic mass is 32.1. The minimum Gasteiger partial charge on any atom is -0.206 e. The molecule has 114 valence electrons. The van der Waals surface area contributed by atoms with E-state index >= 15 is 0 Å². The molecule has 0 bridgehead atoms. The van der Waals surface area contributed by atoms with Crippen LogP contribution in [0, 0.1) is 24.1 Å². The summed E-state index contributed by atoms with van der Waals surface area (Å²) in [4.78, 5) is 2.38. The van der Waals surface area contributed by atoms with Gasteiger partial charge in [0.2, 0.25) is 0 Å². The lowest BCUT2D eigenvalue weighted by Crippen LogP contribution is -2.15. The second kappa shape index (κ2) is 6.06. The van der Waals surface area contributed by atoms with Gasteiger partial charge in [-0.3, -0.25) is 0 Å². The Balaban J connectivity index is 2.47. The molecule has 0 atom stereocenters. The maximum Gasteiger partial charge on any atom is 0.140 e. The van der Waals surface area contributed by atoms with E-state index in [0.717, 1.165) is 28.0 Å². The molecule has 0 unspecified atom stereocenters. The van der Waals surface area contributed by atoms with Gasteiger partial charge >= 0.3 is 0 Å². The fourth-order valence-corrected chi connectivity index (χ4v) is 3.96. The molecule has 1 heterocycles. The summed E-state index contributed by atoms with van der Waals surface area (Å²) in [5.41, 5.74) is 3.33. The van der Waals surface area contributed by atoms with Gasteiger partial charge in [0.1, 0.15) is 11.9 Å². The van der Waals surface area contributed by atoms with Crippen molar-refractivity contribution >= 4 is 11.3 Å². The van der Waals surface area contributed by atoms with Crippen molar-refractivity contribution in [2.45, 2.75) is 39.5 Å². The van der Waals surface area contributed by atoms with E-state index in [1.54, 1.807) is 23.5 Å². The van der Waals surface area contributed by atoms with Crippen molar-refractivity contribution in [2.75, 3.05) is 0 Å². The van der Waals surface area contributed by atoms with Gasteiger partial charge in [-0.15, -0.1) is 17.9 Å². The number of hydrogen-bond acceptors (Lipinski definition) is 2. The summed E-state index contributed by atoms with van der Waals surface area (Å²) in [6, 6.07) is 8.83. The van der Waals surface area contributed by atoms with E-state index in [1.165, 1.54) is 10.9 Å². The summed E-state index contributed by atoms with van der Waals surface area (Å²) in [6.07, 6.45) is 0.930. The second-order valence-corrected chi connectivity index (χ2v) is 7.50. The van der Waals surface area contributed by atoms with Crippen LogP contribution >= 0.6 is 11.3 Å². The molecule has 22 heavy (non-hydrogen) atoms. The summed E-state index contributed by atoms with van der Waals surface area (Å²) in [7, 11) is 0. The number of allylic oxidation sites excluding steroid dienone is 1.